The Labute approximate surface area is 113 Å². The van der Waals surface area contributed by atoms with Gasteiger partial charge in [-0.15, -0.1) is 0 Å². The number of benzene rings is 1. The van der Waals surface area contributed by atoms with E-state index in [2.05, 4.69) is 22.6 Å². The second-order valence-corrected chi connectivity index (χ2v) is 5.24. The Hall–Kier alpha value is -1.68. The second kappa shape index (κ2) is 4.78. The molecule has 4 nitrogen and oxygen atoms in total. The average molecular weight is 257 g/mol. The molecule has 1 amide bonds. The third kappa shape index (κ3) is 1.96. The van der Waals surface area contributed by atoms with E-state index in [0.717, 1.165) is 25.1 Å². The van der Waals surface area contributed by atoms with E-state index in [9.17, 15) is 4.79 Å². The Balaban J connectivity index is 1.95. The van der Waals surface area contributed by atoms with Crippen molar-refractivity contribution in [3.05, 3.63) is 35.9 Å². The molecule has 1 unspecified atom stereocenters. The van der Waals surface area contributed by atoms with Crippen LogP contribution in [-0.2, 0) is 11.2 Å². The third-order valence-electron chi connectivity index (χ3n) is 4.05. The van der Waals surface area contributed by atoms with Gasteiger partial charge in [-0.25, -0.2) is 5.01 Å². The van der Waals surface area contributed by atoms with Gasteiger partial charge in [-0.05, 0) is 18.9 Å². The van der Waals surface area contributed by atoms with E-state index < -0.39 is 5.41 Å². The van der Waals surface area contributed by atoms with Gasteiger partial charge >= 0.3 is 0 Å². The fraction of sp³-hybridized carbons (Fsp3) is 0.467. The topological polar surface area (TPSA) is 44.7 Å². The Morgan fingerprint density at radius 3 is 2.89 bits per heavy atom. The zero-order chi connectivity index (χ0) is 13.3. The molecule has 0 radical (unpaired) electrons. The smallest absolute Gasteiger partial charge is 0.256 e. The monoisotopic (exact) mass is 257 g/mol. The quantitative estimate of drug-likeness (QED) is 0.890. The molecule has 1 aromatic carbocycles. The predicted molar refractivity (Wildman–Crippen MR) is 74.9 cm³/mol. The van der Waals surface area contributed by atoms with Crippen LogP contribution in [0.15, 0.2) is 35.4 Å². The maximum atomic E-state index is 12.7. The number of nitrogens with zero attached hydrogens (tertiary/aromatic N) is 2. The number of hydrogen-bond acceptors (Lipinski definition) is 3. The molecule has 3 rings (SSSR count). The van der Waals surface area contributed by atoms with Gasteiger partial charge in [0.05, 0.1) is 5.71 Å². The largest absolute Gasteiger partial charge is 0.315 e. The number of nitrogens with one attached hydrogen (secondary N) is 1. The van der Waals surface area contributed by atoms with E-state index in [-0.39, 0.29) is 5.91 Å². The first-order chi connectivity index (χ1) is 9.26. The Morgan fingerprint density at radius 2 is 2.16 bits per heavy atom. The van der Waals surface area contributed by atoms with Gasteiger partial charge in [0.25, 0.3) is 5.91 Å². The lowest BCUT2D eigenvalue weighted by molar-refractivity contribution is -0.136. The van der Waals surface area contributed by atoms with Gasteiger partial charge in [0, 0.05) is 26.1 Å². The number of carbonyl (C=O) groups is 1. The highest BCUT2D eigenvalue weighted by Gasteiger charge is 2.51. The van der Waals surface area contributed by atoms with Crippen LogP contribution in [0.5, 0.6) is 0 Å². The molecule has 0 bridgehead atoms. The molecule has 1 saturated heterocycles. The summed E-state index contributed by atoms with van der Waals surface area (Å²) in [6.07, 6.45) is 1.62. The van der Waals surface area contributed by atoms with E-state index in [4.69, 9.17) is 0 Å². The number of fused-ring (bicyclic) bond motifs is 1. The SMILES string of the molecule is CCN1N=C2CCNCC2(Cc2ccccc2)C1=O. The standard InChI is InChI=1S/C15H19N3O/c1-2-18-14(19)15(10-12-6-4-3-5-7-12)11-16-9-8-13(15)17-18/h3-7,16H,2,8-11H2,1H3. The van der Waals surface area contributed by atoms with E-state index in [1.807, 2.05) is 25.1 Å². The first-order valence-corrected chi connectivity index (χ1v) is 6.91. The summed E-state index contributed by atoms with van der Waals surface area (Å²) in [4.78, 5) is 12.7. The number of hydrazone groups is 1. The summed E-state index contributed by atoms with van der Waals surface area (Å²) in [5.74, 6) is 0.154. The molecule has 1 atom stereocenters. The number of carbonyl (C=O) groups excluding carboxylic acids is 1. The van der Waals surface area contributed by atoms with Crippen LogP contribution in [-0.4, -0.2) is 36.3 Å². The summed E-state index contributed by atoms with van der Waals surface area (Å²) in [5.41, 5.74) is 1.81. The maximum Gasteiger partial charge on any atom is 0.256 e. The minimum atomic E-state index is -0.449. The van der Waals surface area contributed by atoms with Crippen LogP contribution in [0, 0.1) is 5.41 Å². The van der Waals surface area contributed by atoms with Gasteiger partial charge in [-0.2, -0.15) is 5.10 Å². The predicted octanol–water partition coefficient (Wildman–Crippen LogP) is 1.43. The number of rotatable bonds is 3. The highest BCUT2D eigenvalue weighted by molar-refractivity contribution is 6.13. The van der Waals surface area contributed by atoms with Gasteiger partial charge in [0.15, 0.2) is 0 Å². The van der Waals surface area contributed by atoms with Crippen molar-refractivity contribution in [3.8, 4) is 0 Å². The van der Waals surface area contributed by atoms with Gasteiger partial charge in [0.2, 0.25) is 0 Å². The van der Waals surface area contributed by atoms with Crippen molar-refractivity contribution in [3.63, 3.8) is 0 Å². The van der Waals surface area contributed by atoms with Crippen molar-refractivity contribution < 1.29 is 4.79 Å². The van der Waals surface area contributed by atoms with Crippen LogP contribution < -0.4 is 5.32 Å². The number of amides is 1. The van der Waals surface area contributed by atoms with Crippen molar-refractivity contribution in [2.24, 2.45) is 10.5 Å². The summed E-state index contributed by atoms with van der Waals surface area (Å²) in [6, 6.07) is 10.2. The first kappa shape index (κ1) is 12.4. The molecular formula is C15H19N3O. The molecule has 0 aromatic heterocycles. The maximum absolute atomic E-state index is 12.7. The molecule has 1 aromatic rings. The van der Waals surface area contributed by atoms with Crippen LogP contribution in [0.25, 0.3) is 0 Å². The molecule has 100 valence electrons. The van der Waals surface area contributed by atoms with E-state index in [0.29, 0.717) is 13.1 Å². The van der Waals surface area contributed by atoms with Crippen LogP contribution >= 0.6 is 0 Å². The number of hydrogen-bond donors (Lipinski definition) is 1. The number of piperidine rings is 1. The fourth-order valence-corrected chi connectivity index (χ4v) is 3.03. The van der Waals surface area contributed by atoms with Crippen LogP contribution in [0.3, 0.4) is 0 Å². The zero-order valence-corrected chi connectivity index (χ0v) is 11.2. The van der Waals surface area contributed by atoms with Crippen LogP contribution in [0.2, 0.25) is 0 Å². The summed E-state index contributed by atoms with van der Waals surface area (Å²) in [5, 5.41) is 9.53. The summed E-state index contributed by atoms with van der Waals surface area (Å²) in [6.45, 7) is 4.25. The van der Waals surface area contributed by atoms with Crippen molar-refractivity contribution >= 4 is 11.6 Å². The van der Waals surface area contributed by atoms with Crippen molar-refractivity contribution in [1.82, 2.24) is 10.3 Å². The molecule has 1 N–H and O–H groups in total. The van der Waals surface area contributed by atoms with Crippen LogP contribution in [0.1, 0.15) is 18.9 Å². The first-order valence-electron chi connectivity index (χ1n) is 6.91. The van der Waals surface area contributed by atoms with Crippen LogP contribution in [0.4, 0.5) is 0 Å². The Morgan fingerprint density at radius 1 is 1.37 bits per heavy atom. The van der Waals surface area contributed by atoms with Gasteiger partial charge in [-0.1, -0.05) is 30.3 Å². The lowest BCUT2D eigenvalue weighted by Gasteiger charge is -2.33. The highest BCUT2D eigenvalue weighted by Crippen LogP contribution is 2.35. The lowest BCUT2D eigenvalue weighted by atomic mass is 9.74. The zero-order valence-electron chi connectivity index (χ0n) is 11.2. The Kier molecular flexibility index (Phi) is 3.11. The summed E-state index contributed by atoms with van der Waals surface area (Å²) < 4.78 is 0. The summed E-state index contributed by atoms with van der Waals surface area (Å²) >= 11 is 0. The third-order valence-corrected chi connectivity index (χ3v) is 4.05. The normalized spacial score (nSPS) is 26.3. The second-order valence-electron chi connectivity index (χ2n) is 5.24. The lowest BCUT2D eigenvalue weighted by Crippen LogP contribution is -2.52. The minimum Gasteiger partial charge on any atom is -0.315 e. The minimum absolute atomic E-state index is 0.154. The Bertz CT molecular complexity index is 511. The van der Waals surface area contributed by atoms with E-state index in [1.54, 1.807) is 5.01 Å². The van der Waals surface area contributed by atoms with Gasteiger partial charge < -0.3 is 5.32 Å². The van der Waals surface area contributed by atoms with E-state index in [1.165, 1.54) is 5.56 Å². The molecule has 4 heteroatoms. The fourth-order valence-electron chi connectivity index (χ4n) is 3.03. The van der Waals surface area contributed by atoms with Gasteiger partial charge in [-0.3, -0.25) is 4.79 Å². The highest BCUT2D eigenvalue weighted by atomic mass is 16.2. The molecule has 0 aliphatic carbocycles. The average Bonchev–Trinajstić information content (AvgIpc) is 2.73. The van der Waals surface area contributed by atoms with Crippen molar-refractivity contribution in [1.29, 1.82) is 0 Å². The van der Waals surface area contributed by atoms with E-state index >= 15 is 0 Å². The molecule has 0 spiro atoms. The van der Waals surface area contributed by atoms with Crippen molar-refractivity contribution in [2.45, 2.75) is 19.8 Å². The van der Waals surface area contributed by atoms with Crippen molar-refractivity contribution in [2.75, 3.05) is 19.6 Å². The molecular weight excluding hydrogens is 238 g/mol. The molecule has 2 heterocycles. The van der Waals surface area contributed by atoms with Gasteiger partial charge in [0.1, 0.15) is 5.41 Å². The molecule has 2 aliphatic heterocycles. The molecule has 1 fully saturated rings. The molecule has 0 saturated carbocycles. The summed E-state index contributed by atoms with van der Waals surface area (Å²) in [7, 11) is 0. The molecule has 2 aliphatic rings. The molecule has 19 heavy (non-hydrogen) atoms.